The molecule has 142 valence electrons. The first-order chi connectivity index (χ1) is 14.4. The third-order valence-corrected chi connectivity index (χ3v) is 6.06. The Bertz CT molecular complexity index is 1360. The molecule has 6 heterocycles. The van der Waals surface area contributed by atoms with Gasteiger partial charge in [-0.3, -0.25) is 10.1 Å². The lowest BCUT2D eigenvalue weighted by atomic mass is 10.1. The largest absolute Gasteiger partial charge is 0.336 e. The first-order valence-corrected chi connectivity index (χ1v) is 10.4. The van der Waals surface area contributed by atoms with Gasteiger partial charge in [-0.15, -0.1) is 11.3 Å². The number of hydrogen-bond acceptors (Lipinski definition) is 6. The van der Waals surface area contributed by atoms with E-state index in [9.17, 15) is 0 Å². The van der Waals surface area contributed by atoms with Crippen LogP contribution in [-0.4, -0.2) is 43.2 Å². The van der Waals surface area contributed by atoms with Gasteiger partial charge in [-0.25, -0.2) is 9.97 Å². The Balaban J connectivity index is 1.50. The van der Waals surface area contributed by atoms with Crippen LogP contribution in [0.3, 0.4) is 0 Å². The molecule has 0 atom stereocenters. The van der Waals surface area contributed by atoms with Gasteiger partial charge in [0.05, 0.1) is 21.6 Å². The van der Waals surface area contributed by atoms with Crippen LogP contribution in [0.1, 0.15) is 12.1 Å². The molecule has 1 aliphatic rings. The van der Waals surface area contributed by atoms with Crippen molar-refractivity contribution in [2.45, 2.75) is 6.42 Å². The molecule has 3 N–H and O–H groups in total. The molecule has 0 saturated heterocycles. The van der Waals surface area contributed by atoms with E-state index in [4.69, 9.17) is 9.97 Å². The van der Waals surface area contributed by atoms with Crippen molar-refractivity contribution in [2.24, 2.45) is 0 Å². The number of fused-ring (bicyclic) bond motifs is 2. The van der Waals surface area contributed by atoms with E-state index in [1.165, 1.54) is 5.57 Å². The SMILES string of the molecule is C1=C(c2ccc3[nH]nc(-c4nc5c(-c6cccs6)nccc5[nH]4)c3n2)CCNC1. The van der Waals surface area contributed by atoms with Gasteiger partial charge in [-0.2, -0.15) is 5.10 Å². The molecule has 0 fully saturated rings. The van der Waals surface area contributed by atoms with Crippen molar-refractivity contribution in [1.29, 1.82) is 0 Å². The number of aromatic nitrogens is 6. The molecule has 0 amide bonds. The first kappa shape index (κ1) is 16.6. The molecule has 7 nitrogen and oxygen atoms in total. The minimum Gasteiger partial charge on any atom is -0.336 e. The van der Waals surface area contributed by atoms with Crippen molar-refractivity contribution >= 4 is 39.0 Å². The fourth-order valence-corrected chi connectivity index (χ4v) is 4.46. The summed E-state index contributed by atoms with van der Waals surface area (Å²) in [5.74, 6) is 0.695. The van der Waals surface area contributed by atoms with Gasteiger partial charge in [0.25, 0.3) is 0 Å². The quantitative estimate of drug-likeness (QED) is 0.426. The normalized spacial score (nSPS) is 14.6. The zero-order valence-corrected chi connectivity index (χ0v) is 16.3. The van der Waals surface area contributed by atoms with Crippen LogP contribution in [0.25, 0.3) is 49.7 Å². The molecule has 1 aliphatic heterocycles. The van der Waals surface area contributed by atoms with E-state index in [0.717, 1.165) is 63.5 Å². The number of nitrogens with one attached hydrogen (secondary N) is 3. The van der Waals surface area contributed by atoms with Gasteiger partial charge in [-0.1, -0.05) is 12.1 Å². The van der Waals surface area contributed by atoms with Gasteiger partial charge >= 0.3 is 0 Å². The lowest BCUT2D eigenvalue weighted by Crippen LogP contribution is -2.20. The van der Waals surface area contributed by atoms with E-state index in [1.807, 2.05) is 29.8 Å². The second-order valence-corrected chi connectivity index (χ2v) is 7.91. The van der Waals surface area contributed by atoms with Gasteiger partial charge < -0.3 is 10.3 Å². The summed E-state index contributed by atoms with van der Waals surface area (Å²) < 4.78 is 0. The van der Waals surface area contributed by atoms with Crippen LogP contribution < -0.4 is 5.32 Å². The fraction of sp³-hybridized carbons (Fsp3) is 0.143. The van der Waals surface area contributed by atoms with Gasteiger partial charge in [0.1, 0.15) is 16.7 Å². The molecule has 8 heteroatoms. The van der Waals surface area contributed by atoms with Crippen molar-refractivity contribution in [3.63, 3.8) is 0 Å². The maximum atomic E-state index is 4.91. The number of imidazole rings is 1. The number of aromatic amines is 2. The third-order valence-electron chi connectivity index (χ3n) is 5.18. The van der Waals surface area contributed by atoms with Gasteiger partial charge in [0.2, 0.25) is 0 Å². The summed E-state index contributed by atoms with van der Waals surface area (Å²) in [6.45, 7) is 1.86. The Hall–Kier alpha value is -3.36. The standard InChI is InChI=1S/C21H17N7S/c1-2-16(29-11-1)19-17-14(7-10-23-19)25-21(26-17)20-18-15(27-28-20)4-3-13(24-18)12-5-8-22-9-6-12/h1-5,7,10-11,22H,6,8-9H2,(H,25,26)(H,27,28). The van der Waals surface area contributed by atoms with E-state index < -0.39 is 0 Å². The van der Waals surface area contributed by atoms with Crippen LogP contribution in [0.5, 0.6) is 0 Å². The average Bonchev–Trinajstić information content (AvgIpc) is 3.52. The minimum absolute atomic E-state index is 0.695. The highest BCUT2D eigenvalue weighted by molar-refractivity contribution is 7.13. The van der Waals surface area contributed by atoms with Crippen LogP contribution in [0.2, 0.25) is 0 Å². The Morgan fingerprint density at radius 1 is 0.966 bits per heavy atom. The van der Waals surface area contributed by atoms with Gasteiger partial charge in [0.15, 0.2) is 11.5 Å². The summed E-state index contributed by atoms with van der Waals surface area (Å²) >= 11 is 1.66. The Morgan fingerprint density at radius 2 is 1.93 bits per heavy atom. The highest BCUT2D eigenvalue weighted by Gasteiger charge is 2.18. The molecule has 0 aromatic carbocycles. The molecule has 5 aromatic rings. The van der Waals surface area contributed by atoms with E-state index in [-0.39, 0.29) is 0 Å². The summed E-state index contributed by atoms with van der Waals surface area (Å²) in [6.07, 6.45) is 4.99. The Labute approximate surface area is 169 Å². The van der Waals surface area contributed by atoms with Crippen LogP contribution in [0, 0.1) is 0 Å². The first-order valence-electron chi connectivity index (χ1n) is 9.51. The molecular weight excluding hydrogens is 382 g/mol. The predicted molar refractivity (Wildman–Crippen MR) is 116 cm³/mol. The van der Waals surface area contributed by atoms with Crippen LogP contribution in [-0.2, 0) is 0 Å². The fourth-order valence-electron chi connectivity index (χ4n) is 3.74. The summed E-state index contributed by atoms with van der Waals surface area (Å²) in [6, 6.07) is 10.1. The minimum atomic E-state index is 0.695. The summed E-state index contributed by atoms with van der Waals surface area (Å²) in [4.78, 5) is 18.8. The highest BCUT2D eigenvalue weighted by Crippen LogP contribution is 2.32. The zero-order valence-electron chi connectivity index (χ0n) is 15.4. The molecule has 0 radical (unpaired) electrons. The molecule has 0 spiro atoms. The van der Waals surface area contributed by atoms with E-state index in [0.29, 0.717) is 5.82 Å². The van der Waals surface area contributed by atoms with E-state index in [1.54, 1.807) is 11.3 Å². The van der Waals surface area contributed by atoms with Gasteiger partial charge in [-0.05, 0) is 48.2 Å². The van der Waals surface area contributed by atoms with Crippen molar-refractivity contribution in [2.75, 3.05) is 13.1 Å². The summed E-state index contributed by atoms with van der Waals surface area (Å²) in [7, 11) is 0. The molecule has 0 saturated carbocycles. The number of nitrogens with zero attached hydrogens (tertiary/aromatic N) is 4. The maximum Gasteiger partial charge on any atom is 0.161 e. The lowest BCUT2D eigenvalue weighted by molar-refractivity contribution is 0.737. The molecule has 0 unspecified atom stereocenters. The van der Waals surface area contributed by atoms with Crippen molar-refractivity contribution in [3.05, 3.63) is 53.7 Å². The topological polar surface area (TPSA) is 95.2 Å². The molecule has 0 aliphatic carbocycles. The number of hydrogen-bond donors (Lipinski definition) is 3. The third kappa shape index (κ3) is 2.76. The Morgan fingerprint density at radius 3 is 2.79 bits per heavy atom. The van der Waals surface area contributed by atoms with Gasteiger partial charge in [0, 0.05) is 12.7 Å². The van der Waals surface area contributed by atoms with Crippen LogP contribution in [0.4, 0.5) is 0 Å². The monoisotopic (exact) mass is 399 g/mol. The summed E-state index contributed by atoms with van der Waals surface area (Å²) in [5, 5.41) is 13.0. The number of rotatable bonds is 3. The maximum absolute atomic E-state index is 4.91. The van der Waals surface area contributed by atoms with Crippen LogP contribution in [0.15, 0.2) is 48.0 Å². The molecule has 0 bridgehead atoms. The molecule has 29 heavy (non-hydrogen) atoms. The molecule has 6 rings (SSSR count). The second kappa shape index (κ2) is 6.61. The summed E-state index contributed by atoms with van der Waals surface area (Å²) in [5.41, 5.74) is 7.38. The van der Waals surface area contributed by atoms with Crippen molar-refractivity contribution < 1.29 is 0 Å². The van der Waals surface area contributed by atoms with E-state index in [2.05, 4.69) is 43.7 Å². The molecular formula is C21H17N7S. The number of thiophene rings is 1. The molecule has 5 aromatic heterocycles. The van der Waals surface area contributed by atoms with Crippen molar-refractivity contribution in [1.82, 2.24) is 35.5 Å². The number of pyridine rings is 2. The smallest absolute Gasteiger partial charge is 0.161 e. The van der Waals surface area contributed by atoms with E-state index >= 15 is 0 Å². The van der Waals surface area contributed by atoms with Crippen LogP contribution >= 0.6 is 11.3 Å². The number of H-pyrrole nitrogens is 2. The second-order valence-electron chi connectivity index (χ2n) is 6.97. The Kier molecular flexibility index (Phi) is 3.78. The zero-order chi connectivity index (χ0) is 19.2. The predicted octanol–water partition coefficient (Wildman–Crippen LogP) is 4.00. The average molecular weight is 399 g/mol. The lowest BCUT2D eigenvalue weighted by Gasteiger charge is -2.13. The van der Waals surface area contributed by atoms with Crippen molar-refractivity contribution in [3.8, 4) is 22.1 Å². The highest BCUT2D eigenvalue weighted by atomic mass is 32.1.